The molecule has 4 aliphatic carbocycles. The van der Waals surface area contributed by atoms with E-state index in [1.165, 1.54) is 19.9 Å². The molecule has 27 nitrogen and oxygen atoms in total. The molecule has 27 heteroatoms. The lowest BCUT2D eigenvalue weighted by atomic mass is 9.49. The molecule has 1 saturated carbocycles. The summed E-state index contributed by atoms with van der Waals surface area (Å²) in [6.45, 7) is 21.0. The van der Waals surface area contributed by atoms with Gasteiger partial charge in [-0.1, -0.05) is 50.6 Å². The Bertz CT molecular complexity index is 2960. The van der Waals surface area contributed by atoms with Gasteiger partial charge >= 0.3 is 24.0 Å². The lowest BCUT2D eigenvalue weighted by Crippen LogP contribution is -3.17. The summed E-state index contributed by atoms with van der Waals surface area (Å²) in [5.74, 6) is -8.40. The number of ether oxygens (including phenoxy) is 13. The third-order valence-corrected chi connectivity index (χ3v) is 21.9. The van der Waals surface area contributed by atoms with Crippen LogP contribution in [0.1, 0.15) is 147 Å². The number of carbonyl (C=O) groups excluding carboxylic acids is 4. The fourth-order valence-electron chi connectivity index (χ4n) is 17.0. The van der Waals surface area contributed by atoms with E-state index in [4.69, 9.17) is 61.6 Å². The van der Waals surface area contributed by atoms with Gasteiger partial charge in [-0.25, -0.2) is 24.8 Å². The number of carboxylic acids is 1. The number of Topliss-reactive ketones (excluding diaryl/α,β-unsaturated/α-hetero) is 1. The Morgan fingerprint density at radius 1 is 0.702 bits per heavy atom. The highest BCUT2D eigenvalue weighted by Crippen LogP contribution is 2.61. The van der Waals surface area contributed by atoms with Crippen molar-refractivity contribution in [2.75, 3.05) is 7.11 Å². The number of fused-ring (bicyclic) bond motifs is 4. The first-order valence-electron chi connectivity index (χ1n) is 33.3. The Hall–Kier alpha value is -4.79. The largest absolute Gasteiger partial charge is 0.600 e. The minimum absolute atomic E-state index is 0.0926. The first-order valence-corrected chi connectivity index (χ1v) is 33.3. The van der Waals surface area contributed by atoms with E-state index in [2.05, 4.69) is 12.2 Å². The van der Waals surface area contributed by atoms with Gasteiger partial charge in [0.15, 0.2) is 48.7 Å². The van der Waals surface area contributed by atoms with Gasteiger partial charge in [0.05, 0.1) is 86.6 Å². The molecule has 30 atom stereocenters. The monoisotopic (exact) mass is 1330 g/mol. The second kappa shape index (κ2) is 28.6. The molecular formula is C67H98N2O25. The lowest BCUT2D eigenvalue weighted by Gasteiger charge is -2.56. The summed E-state index contributed by atoms with van der Waals surface area (Å²) in [5.41, 5.74) is -5.46. The van der Waals surface area contributed by atoms with Gasteiger partial charge < -0.3 is 97.6 Å². The third-order valence-electron chi connectivity index (χ3n) is 21.9. The smallest absolute Gasteiger partial charge is 0.407 e. The van der Waals surface area contributed by atoms with Crippen molar-refractivity contribution >= 4 is 29.8 Å². The number of hydroxylamine groups is 2. The van der Waals surface area contributed by atoms with Gasteiger partial charge in [0.2, 0.25) is 5.78 Å². The second-order valence-corrected chi connectivity index (χ2v) is 28.5. The Morgan fingerprint density at radius 3 is 1.98 bits per heavy atom. The van der Waals surface area contributed by atoms with Gasteiger partial charge in [0.25, 0.3) is 0 Å². The Kier molecular flexibility index (Phi) is 21.9. The minimum Gasteiger partial charge on any atom is -0.600 e. The van der Waals surface area contributed by atoms with Gasteiger partial charge in [-0.2, -0.15) is 0 Å². The molecule has 10 rings (SSSR count). The van der Waals surface area contributed by atoms with Crippen LogP contribution in [-0.4, -0.2) is 202 Å². The Labute approximate surface area is 547 Å². The van der Waals surface area contributed by atoms with E-state index in [1.54, 1.807) is 41.5 Å². The molecule has 94 heavy (non-hydrogen) atoms. The number of carbonyl (C=O) groups is 5. The Balaban J connectivity index is 0.910. The zero-order chi connectivity index (χ0) is 68.4. The van der Waals surface area contributed by atoms with Crippen molar-refractivity contribution in [3.8, 4) is 0 Å². The van der Waals surface area contributed by atoms with Crippen LogP contribution in [0.4, 0.5) is 4.79 Å². The fourth-order valence-corrected chi connectivity index (χ4v) is 17.0. The molecule has 0 radical (unpaired) electrons. The minimum atomic E-state index is -2.36. The average Bonchev–Trinajstić information content (AvgIpc) is 1.37. The highest BCUT2D eigenvalue weighted by Gasteiger charge is 2.65. The van der Waals surface area contributed by atoms with E-state index in [0.717, 1.165) is 13.2 Å². The Morgan fingerprint density at radius 2 is 1.33 bits per heavy atom. The van der Waals surface area contributed by atoms with Crippen LogP contribution in [0.25, 0.3) is 0 Å². The molecule has 6 aliphatic heterocycles. The van der Waals surface area contributed by atoms with Crippen molar-refractivity contribution in [3.05, 3.63) is 63.6 Å². The summed E-state index contributed by atoms with van der Waals surface area (Å²) in [4.78, 5) is 68.4. The summed E-state index contributed by atoms with van der Waals surface area (Å²) >= 11 is 0. The number of aliphatic hydroxyl groups excluding tert-OH is 4. The molecule has 1 spiro atoms. The van der Waals surface area contributed by atoms with E-state index in [-0.39, 0.29) is 37.5 Å². The van der Waals surface area contributed by atoms with Crippen LogP contribution in [0.5, 0.6) is 0 Å². The summed E-state index contributed by atoms with van der Waals surface area (Å²) in [5, 5.41) is 82.1. The molecule has 526 valence electrons. The number of carboxylic acid groups (broad SMARTS) is 1. The lowest BCUT2D eigenvalue weighted by molar-refractivity contribution is -1.09. The van der Waals surface area contributed by atoms with Crippen LogP contribution in [0.15, 0.2) is 58.4 Å². The first-order chi connectivity index (χ1) is 44.3. The molecule has 6 heterocycles. The fraction of sp³-hybridized carbons (Fsp3) is 0.776. The van der Waals surface area contributed by atoms with Crippen LogP contribution in [0.3, 0.4) is 0 Å². The number of rotatable bonds is 14. The number of allylic oxidation sites excluding steroid dienone is 3. The van der Waals surface area contributed by atoms with Crippen molar-refractivity contribution in [2.45, 2.75) is 281 Å². The normalized spacial score (nSPS) is 47.4. The van der Waals surface area contributed by atoms with Crippen molar-refractivity contribution in [1.29, 1.82) is 0 Å². The molecule has 7 fully saturated rings. The topological polar surface area (TPSA) is 366 Å². The maximum atomic E-state index is 15.6. The van der Waals surface area contributed by atoms with Crippen molar-refractivity contribution in [2.24, 2.45) is 40.9 Å². The molecular weight excluding hydrogens is 1230 g/mol. The molecule has 0 aromatic heterocycles. The number of ketones is 1. The molecule has 1 amide bonds. The third kappa shape index (κ3) is 14.1. The van der Waals surface area contributed by atoms with E-state index in [9.17, 15) is 55.1 Å². The van der Waals surface area contributed by atoms with Crippen molar-refractivity contribution < 1.29 is 122 Å². The van der Waals surface area contributed by atoms with E-state index < -0.39 is 222 Å². The van der Waals surface area contributed by atoms with E-state index >= 15 is 4.79 Å². The first kappa shape index (κ1) is 72.0. The van der Waals surface area contributed by atoms with E-state index in [1.807, 2.05) is 39.0 Å². The zero-order valence-electron chi connectivity index (χ0n) is 55.9. The van der Waals surface area contributed by atoms with Gasteiger partial charge in [-0.05, 0) is 110 Å². The summed E-state index contributed by atoms with van der Waals surface area (Å²) in [7, 11) is 1.16. The number of hydrogen-bond acceptors (Lipinski definition) is 24. The quantitative estimate of drug-likeness (QED) is 0.0383. The predicted molar refractivity (Wildman–Crippen MR) is 326 cm³/mol. The maximum absolute atomic E-state index is 15.6. The summed E-state index contributed by atoms with van der Waals surface area (Å²) in [6.07, 6.45) is -5.47. The average molecular weight is 1330 g/mol. The molecule has 0 aromatic carbocycles. The molecule has 8 N–H and O–H groups in total. The number of esters is 2. The van der Waals surface area contributed by atoms with Crippen LogP contribution in [-0.2, 0) is 80.8 Å². The number of methoxy groups -OCH3 is 1. The molecule has 0 aromatic rings. The van der Waals surface area contributed by atoms with E-state index in [0.29, 0.717) is 43.3 Å². The number of alkyl carbamates (subject to hydrolysis) is 1. The molecule has 6 saturated heterocycles. The van der Waals surface area contributed by atoms with Crippen molar-refractivity contribution in [3.63, 3.8) is 0 Å². The predicted octanol–water partition coefficient (Wildman–Crippen LogP) is 4.74. The number of amides is 1. The summed E-state index contributed by atoms with van der Waals surface area (Å²) < 4.78 is 81.5. The SMILES string of the molecule is COC(=O)N[C@@H]1[C@H](C)O[C@@H](O[C@H]2C/C=C(\C)[C@@H]3C=C[C@@H]4[C@@H](O[C@@H]5C[C@@H](O[C@H]6CC[C@@H](O[C@H]7C[C@@H](O)[C@@H](O[C@@H]8CC[C@H](O)[C@@H](C)O8)[C@H](C)O7)[C@@H](C)O6)[C@@H](OC(C)=O)[C@H](C)O5)[C@@H](C)C[C@H](C)[C@@H]4[C@]3(C)C(O)=C3C(=O)O[C@@]4(CC(C(=O)O)=C[C@@H](O)[C@H]4/C=C/2C)C3=O)C[C@@]1(C)[NH+]([O-])O. The second-order valence-electron chi connectivity index (χ2n) is 28.5. The molecule has 1 unspecified atom stereocenters. The van der Waals surface area contributed by atoms with Crippen LogP contribution in [0, 0.1) is 46.1 Å². The van der Waals surface area contributed by atoms with Crippen molar-refractivity contribution in [1.82, 2.24) is 5.32 Å². The van der Waals surface area contributed by atoms with Gasteiger partial charge in [0.1, 0.15) is 29.6 Å². The highest BCUT2D eigenvalue weighted by atomic mass is 16.8. The zero-order valence-corrected chi connectivity index (χ0v) is 55.9. The number of aliphatic hydroxyl groups is 4. The summed E-state index contributed by atoms with van der Waals surface area (Å²) in [6, 6.07) is -1.05. The highest BCUT2D eigenvalue weighted by molar-refractivity contribution is 6.26. The number of quaternary nitrogens is 1. The van der Waals surface area contributed by atoms with Gasteiger partial charge in [-0.3, -0.25) is 9.59 Å². The van der Waals surface area contributed by atoms with Crippen LogP contribution >= 0.6 is 0 Å². The molecule has 10 aliphatic rings. The standard InChI is InChI=1S/C67H98N2O25/c1-29-14-18-46(89-53-28-65(11,69(80)81)59(37(9)87-53)68-64(79)82-13)30(2)23-42-44(72)24-39(62(76)77)27-67(42)61(75)54(63(78)94-67)60(74)66(12)41(29)16-15-40-55(66)31(3)22-32(4)56(40)93-52-26-48(58(36(8)86-52)88-38(10)70)91-49-21-19-47(34(6)84-49)90-51-25-45(73)57(35(7)85-51)92-50-20-17-43(71)33(5)83-50/h14-16,23-24,31-37,40-53,55-59,69,71-74,80H,17-22,25-28H2,1-13H3,(H,68,79)(H,76,77)/b29-14+,30-23+,60-54?/t31-,32-,33+,34+,35-,36-,37-,40-,41-,42+,43-,44+,45+,46-,47+,48+,49-,50+,51-,52+,53-,55-,56-,57-,58-,59+,65+,66+,67+/m0/s1. The van der Waals surface area contributed by atoms with Gasteiger partial charge in [-0.15, -0.1) is 0 Å². The van der Waals surface area contributed by atoms with Gasteiger partial charge in [0, 0.05) is 61.9 Å². The number of hydrogen-bond donors (Lipinski definition) is 8. The number of nitrogens with one attached hydrogen (secondary N) is 2. The van der Waals surface area contributed by atoms with Crippen LogP contribution < -0.4 is 10.5 Å². The van der Waals surface area contributed by atoms with Crippen LogP contribution in [0.2, 0.25) is 0 Å². The number of aliphatic carboxylic acids is 1. The maximum Gasteiger partial charge on any atom is 0.407 e. The molecule has 2 bridgehead atoms.